The van der Waals surface area contributed by atoms with Gasteiger partial charge in [0.15, 0.2) is 0 Å². The molecule has 3 aliphatic carbocycles. The summed E-state index contributed by atoms with van der Waals surface area (Å²) in [5, 5.41) is 9.99. The normalized spacial score (nSPS) is 40.3. The molecule has 0 bridgehead atoms. The van der Waals surface area contributed by atoms with Gasteiger partial charge in [-0.25, -0.2) is 0 Å². The fourth-order valence-electron chi connectivity index (χ4n) is 5.48. The average Bonchev–Trinajstić information content (AvgIpc) is 2.95. The Kier molecular flexibility index (Phi) is 3.53. The Hall–Kier alpha value is -1.35. The number of carbonyl (C=O) groups is 1. The molecular weight excluding hydrogens is 288 g/mol. The zero-order chi connectivity index (χ0) is 16.2. The smallest absolute Gasteiger partial charge is 0.144 e. The van der Waals surface area contributed by atoms with E-state index in [0.29, 0.717) is 11.7 Å². The van der Waals surface area contributed by atoms with Gasteiger partial charge in [0.2, 0.25) is 0 Å². The molecule has 0 amide bonds. The molecule has 1 heterocycles. The summed E-state index contributed by atoms with van der Waals surface area (Å²) >= 11 is 0. The maximum Gasteiger partial charge on any atom is 0.144 e. The van der Waals surface area contributed by atoms with Gasteiger partial charge in [0, 0.05) is 17.4 Å². The van der Waals surface area contributed by atoms with Crippen molar-refractivity contribution in [3.63, 3.8) is 0 Å². The van der Waals surface area contributed by atoms with E-state index in [4.69, 9.17) is 4.42 Å². The molecule has 1 aromatic heterocycles. The number of aliphatic hydroxyl groups is 1. The third-order valence-corrected chi connectivity index (χ3v) is 6.86. The number of allylic oxidation sites excluding steroid dienone is 1. The van der Waals surface area contributed by atoms with E-state index in [2.05, 4.69) is 13.0 Å². The van der Waals surface area contributed by atoms with E-state index in [1.807, 2.05) is 13.0 Å². The Morgan fingerprint density at radius 1 is 1.30 bits per heavy atom. The van der Waals surface area contributed by atoms with Gasteiger partial charge in [-0.3, -0.25) is 4.79 Å². The molecule has 3 heteroatoms. The van der Waals surface area contributed by atoms with Crippen LogP contribution in [0.4, 0.5) is 0 Å². The number of Topliss-reactive ketones (excluding diaryl/α,β-unsaturated/α-hetero) is 1. The fraction of sp³-hybridized carbons (Fsp3) is 0.650. The van der Waals surface area contributed by atoms with Crippen LogP contribution in [-0.4, -0.2) is 17.0 Å². The van der Waals surface area contributed by atoms with Crippen LogP contribution in [-0.2, 0) is 4.79 Å². The van der Waals surface area contributed by atoms with E-state index in [0.717, 1.165) is 49.8 Å². The molecule has 0 radical (unpaired) electrons. The molecule has 2 fully saturated rings. The highest BCUT2D eigenvalue weighted by atomic mass is 16.3. The monoisotopic (exact) mass is 314 g/mol. The SMILES string of the molecule is Cc1occc1[C@H]1CCC2C(CC=C3CC(O)CCC32C)C1=O. The van der Waals surface area contributed by atoms with Crippen molar-refractivity contribution in [2.24, 2.45) is 17.3 Å². The molecule has 2 saturated carbocycles. The van der Waals surface area contributed by atoms with Crippen LogP contribution in [0.3, 0.4) is 0 Å². The lowest BCUT2D eigenvalue weighted by Crippen LogP contribution is -2.47. The van der Waals surface area contributed by atoms with Gasteiger partial charge in [0.1, 0.15) is 11.5 Å². The first-order valence-electron chi connectivity index (χ1n) is 8.96. The molecule has 3 nitrogen and oxygen atoms in total. The third kappa shape index (κ3) is 2.24. The topological polar surface area (TPSA) is 50.4 Å². The van der Waals surface area contributed by atoms with Crippen LogP contribution in [0.25, 0.3) is 0 Å². The molecule has 23 heavy (non-hydrogen) atoms. The van der Waals surface area contributed by atoms with Gasteiger partial charge >= 0.3 is 0 Å². The predicted octanol–water partition coefficient (Wildman–Crippen LogP) is 4.15. The summed E-state index contributed by atoms with van der Waals surface area (Å²) in [7, 11) is 0. The van der Waals surface area contributed by atoms with Crippen molar-refractivity contribution in [3.8, 4) is 0 Å². The lowest BCUT2D eigenvalue weighted by atomic mass is 9.52. The molecule has 5 atom stereocenters. The number of hydrogen-bond acceptors (Lipinski definition) is 3. The molecule has 0 spiro atoms. The van der Waals surface area contributed by atoms with E-state index >= 15 is 0 Å². The largest absolute Gasteiger partial charge is 0.469 e. The van der Waals surface area contributed by atoms with E-state index in [1.54, 1.807) is 6.26 Å². The fourth-order valence-corrected chi connectivity index (χ4v) is 5.48. The number of aliphatic hydroxyl groups excluding tert-OH is 1. The molecule has 0 aromatic carbocycles. The van der Waals surface area contributed by atoms with Gasteiger partial charge in [-0.1, -0.05) is 18.6 Å². The van der Waals surface area contributed by atoms with Gasteiger partial charge in [0.05, 0.1) is 12.4 Å². The number of aryl methyl sites for hydroxylation is 1. The number of ketones is 1. The Morgan fingerprint density at radius 3 is 2.87 bits per heavy atom. The van der Waals surface area contributed by atoms with Crippen molar-refractivity contribution in [3.05, 3.63) is 35.3 Å². The minimum Gasteiger partial charge on any atom is -0.469 e. The van der Waals surface area contributed by atoms with Gasteiger partial charge < -0.3 is 9.52 Å². The Bertz CT molecular complexity index is 656. The van der Waals surface area contributed by atoms with Crippen molar-refractivity contribution < 1.29 is 14.3 Å². The van der Waals surface area contributed by atoms with Crippen molar-refractivity contribution in [1.82, 2.24) is 0 Å². The first-order valence-corrected chi connectivity index (χ1v) is 8.96. The van der Waals surface area contributed by atoms with Crippen LogP contribution in [0, 0.1) is 24.2 Å². The molecule has 124 valence electrons. The lowest BCUT2D eigenvalue weighted by molar-refractivity contribution is -0.131. The molecular formula is C20H26O3. The zero-order valence-electron chi connectivity index (χ0n) is 14.0. The Labute approximate surface area is 137 Å². The van der Waals surface area contributed by atoms with Crippen molar-refractivity contribution in [2.75, 3.05) is 0 Å². The second kappa shape index (κ2) is 5.34. The van der Waals surface area contributed by atoms with Crippen molar-refractivity contribution in [1.29, 1.82) is 0 Å². The van der Waals surface area contributed by atoms with Gasteiger partial charge in [-0.15, -0.1) is 0 Å². The van der Waals surface area contributed by atoms with Crippen LogP contribution in [0.15, 0.2) is 28.4 Å². The van der Waals surface area contributed by atoms with Crippen LogP contribution < -0.4 is 0 Å². The van der Waals surface area contributed by atoms with Gasteiger partial charge in [-0.05, 0) is 62.8 Å². The molecule has 4 rings (SSSR count). The van der Waals surface area contributed by atoms with E-state index in [9.17, 15) is 9.90 Å². The third-order valence-electron chi connectivity index (χ3n) is 6.86. The predicted molar refractivity (Wildman–Crippen MR) is 88.1 cm³/mol. The number of furan rings is 1. The van der Waals surface area contributed by atoms with E-state index < -0.39 is 0 Å². The highest BCUT2D eigenvalue weighted by molar-refractivity contribution is 5.89. The van der Waals surface area contributed by atoms with Crippen LogP contribution in [0.2, 0.25) is 0 Å². The molecule has 1 N–H and O–H groups in total. The maximum atomic E-state index is 13.2. The van der Waals surface area contributed by atoms with Crippen LogP contribution in [0.1, 0.15) is 62.7 Å². The maximum absolute atomic E-state index is 13.2. The van der Waals surface area contributed by atoms with Gasteiger partial charge in [0.25, 0.3) is 0 Å². The zero-order valence-corrected chi connectivity index (χ0v) is 14.0. The summed E-state index contributed by atoms with van der Waals surface area (Å²) in [6, 6.07) is 1.97. The molecule has 0 aliphatic heterocycles. The summed E-state index contributed by atoms with van der Waals surface area (Å²) in [6.45, 7) is 4.29. The Balaban J connectivity index is 1.64. The molecule has 3 aliphatic rings. The quantitative estimate of drug-likeness (QED) is 0.792. The lowest BCUT2D eigenvalue weighted by Gasteiger charge is -2.52. The second-order valence-electron chi connectivity index (χ2n) is 7.96. The number of carbonyl (C=O) groups excluding carboxylic acids is 1. The highest BCUT2D eigenvalue weighted by Crippen LogP contribution is 2.57. The molecule has 4 unspecified atom stereocenters. The van der Waals surface area contributed by atoms with Crippen molar-refractivity contribution >= 4 is 5.78 Å². The van der Waals surface area contributed by atoms with Crippen LogP contribution in [0.5, 0.6) is 0 Å². The Morgan fingerprint density at radius 2 is 2.13 bits per heavy atom. The standard InChI is InChI=1S/C20H26O3/c1-12-15(8-10-23-12)16-5-6-18-17(19(16)22)4-3-13-11-14(21)7-9-20(13,18)2/h3,8,10,14,16-18,21H,4-7,9,11H2,1-2H3/t14?,16-,17?,18?,20?/m1/s1. The molecule has 0 saturated heterocycles. The summed E-state index contributed by atoms with van der Waals surface area (Å²) in [5.74, 6) is 1.91. The second-order valence-corrected chi connectivity index (χ2v) is 7.96. The summed E-state index contributed by atoms with van der Waals surface area (Å²) in [4.78, 5) is 13.2. The van der Waals surface area contributed by atoms with Crippen molar-refractivity contribution in [2.45, 2.75) is 64.4 Å². The summed E-state index contributed by atoms with van der Waals surface area (Å²) < 4.78 is 5.43. The number of rotatable bonds is 1. The molecule has 1 aromatic rings. The van der Waals surface area contributed by atoms with E-state index in [-0.39, 0.29) is 23.4 Å². The number of hydrogen-bond donors (Lipinski definition) is 1. The minimum atomic E-state index is -0.188. The summed E-state index contributed by atoms with van der Waals surface area (Å²) in [6.07, 6.45) is 9.37. The van der Waals surface area contributed by atoms with Gasteiger partial charge in [-0.2, -0.15) is 0 Å². The van der Waals surface area contributed by atoms with E-state index in [1.165, 1.54) is 5.57 Å². The first kappa shape index (κ1) is 15.2. The summed E-state index contributed by atoms with van der Waals surface area (Å²) in [5.41, 5.74) is 2.62. The number of fused-ring (bicyclic) bond motifs is 3. The average molecular weight is 314 g/mol. The minimum absolute atomic E-state index is 0.0164. The van der Waals surface area contributed by atoms with Crippen LogP contribution >= 0.6 is 0 Å². The first-order chi connectivity index (χ1) is 11.0. The highest BCUT2D eigenvalue weighted by Gasteiger charge is 2.51.